The second-order valence-corrected chi connectivity index (χ2v) is 9.17. The van der Waals surface area contributed by atoms with Gasteiger partial charge in [-0.05, 0) is 48.3 Å². The zero-order valence-electron chi connectivity index (χ0n) is 17.9. The fraction of sp³-hybridized carbons (Fsp3) is 0.409. The first-order chi connectivity index (χ1) is 14.7. The van der Waals surface area contributed by atoms with E-state index in [1.165, 1.54) is 0 Å². The van der Waals surface area contributed by atoms with Crippen LogP contribution < -0.4 is 15.7 Å². The number of aromatic nitrogens is 2. The predicted molar refractivity (Wildman–Crippen MR) is 118 cm³/mol. The van der Waals surface area contributed by atoms with Crippen LogP contribution in [0.4, 0.5) is 11.5 Å². The fourth-order valence-corrected chi connectivity index (χ4v) is 4.23. The number of fused-ring (bicyclic) bond motifs is 1. The zero-order valence-corrected chi connectivity index (χ0v) is 17.9. The molecule has 1 saturated carbocycles. The van der Waals surface area contributed by atoms with Gasteiger partial charge in [0.2, 0.25) is 0 Å². The molecule has 0 unspecified atom stereocenters. The first kappa shape index (κ1) is 21.0. The van der Waals surface area contributed by atoms with E-state index in [9.17, 15) is 15.1 Å². The lowest BCUT2D eigenvalue weighted by Gasteiger charge is -2.29. The van der Waals surface area contributed by atoms with Gasteiger partial charge < -0.3 is 20.7 Å². The number of nitrogens with zero attached hydrogens (tertiary/aromatic N) is 3. The number of nitrogens with one attached hydrogen (secondary N) is 1. The van der Waals surface area contributed by atoms with Gasteiger partial charge in [0, 0.05) is 17.4 Å². The number of hydrogen-bond acceptors (Lipinski definition) is 6. The van der Waals surface area contributed by atoms with Crippen molar-refractivity contribution in [2.24, 2.45) is 17.1 Å². The number of benzene rings is 1. The van der Waals surface area contributed by atoms with E-state index in [0.29, 0.717) is 17.3 Å². The Hall–Kier alpha value is -3.25. The van der Waals surface area contributed by atoms with Gasteiger partial charge in [-0.1, -0.05) is 26.8 Å². The summed E-state index contributed by atoms with van der Waals surface area (Å²) in [5, 5.41) is 27.4. The molecule has 31 heavy (non-hydrogen) atoms. The maximum absolute atomic E-state index is 12.0. The summed E-state index contributed by atoms with van der Waals surface area (Å²) in [4.78, 5) is 12.0. The van der Waals surface area contributed by atoms with E-state index in [4.69, 9.17) is 10.4 Å². The summed E-state index contributed by atoms with van der Waals surface area (Å²) in [7, 11) is -0.983. The maximum atomic E-state index is 12.0. The van der Waals surface area contributed by atoms with Crippen LogP contribution >= 0.6 is 0 Å². The van der Waals surface area contributed by atoms with Crippen LogP contribution in [0.5, 0.6) is 5.75 Å². The second-order valence-electron chi connectivity index (χ2n) is 9.17. The number of allylic oxidation sites excluding steroid dienone is 1. The van der Waals surface area contributed by atoms with Gasteiger partial charge in [0.05, 0.1) is 18.0 Å². The quantitative estimate of drug-likeness (QED) is 0.652. The molecule has 1 fully saturated rings. The minimum absolute atomic E-state index is 0.0608. The highest BCUT2D eigenvalue weighted by Crippen LogP contribution is 2.38. The molecular formula is C22H26BN5O3. The largest absolute Gasteiger partial charge is 0.556 e. The smallest absolute Gasteiger partial charge is 0.532 e. The Morgan fingerprint density at radius 3 is 2.87 bits per heavy atom. The third-order valence-corrected chi connectivity index (χ3v) is 5.94. The number of carbonyl (C=O) groups excluding carboxylic acids is 1. The van der Waals surface area contributed by atoms with Crippen LogP contribution in [0, 0.1) is 22.7 Å². The third kappa shape index (κ3) is 4.03. The van der Waals surface area contributed by atoms with Gasteiger partial charge in [0.25, 0.3) is 5.91 Å². The molecule has 4 rings (SSSR count). The SMILES string of the molecule is CC(C)(C)C1=Cc2cc(Nc3nn([C@@H]4CCC[C@H]4C#N)cc3C(N)=O)ccc2OB1O. The van der Waals surface area contributed by atoms with Crippen LogP contribution in [0.3, 0.4) is 0 Å². The van der Waals surface area contributed by atoms with Crippen molar-refractivity contribution in [1.29, 1.82) is 5.26 Å². The number of primary amides is 1. The molecule has 1 aromatic heterocycles. The molecule has 2 atom stereocenters. The molecule has 0 radical (unpaired) electrons. The number of anilines is 2. The van der Waals surface area contributed by atoms with Crippen molar-refractivity contribution in [3.05, 3.63) is 41.0 Å². The maximum Gasteiger partial charge on any atom is 0.556 e. The molecule has 2 aromatic rings. The van der Waals surface area contributed by atoms with E-state index in [2.05, 4.69) is 16.5 Å². The van der Waals surface area contributed by atoms with Crippen LogP contribution in [0.25, 0.3) is 6.08 Å². The molecule has 1 amide bonds. The number of rotatable bonds is 4. The third-order valence-electron chi connectivity index (χ3n) is 5.94. The van der Waals surface area contributed by atoms with Crippen molar-refractivity contribution in [2.75, 3.05) is 5.32 Å². The Bertz CT molecular complexity index is 1100. The van der Waals surface area contributed by atoms with Gasteiger partial charge in [0.15, 0.2) is 5.82 Å². The Kier molecular flexibility index (Phi) is 5.27. The van der Waals surface area contributed by atoms with Gasteiger partial charge in [-0.15, -0.1) is 0 Å². The predicted octanol–water partition coefficient (Wildman–Crippen LogP) is 3.43. The molecule has 2 aliphatic rings. The summed E-state index contributed by atoms with van der Waals surface area (Å²) in [5.41, 5.74) is 7.92. The minimum Gasteiger partial charge on any atom is -0.532 e. The van der Waals surface area contributed by atoms with Gasteiger partial charge in [-0.25, -0.2) is 0 Å². The van der Waals surface area contributed by atoms with E-state index in [-0.39, 0.29) is 22.9 Å². The Labute approximate surface area is 181 Å². The molecule has 1 aliphatic heterocycles. The molecule has 160 valence electrons. The zero-order chi connectivity index (χ0) is 22.3. The number of carbonyl (C=O) groups is 1. The number of nitrogens with two attached hydrogens (primary N) is 1. The molecule has 2 heterocycles. The van der Waals surface area contributed by atoms with Crippen LogP contribution in [0.1, 0.15) is 62.0 Å². The molecule has 4 N–H and O–H groups in total. The van der Waals surface area contributed by atoms with Crippen LogP contribution in [-0.4, -0.2) is 27.8 Å². The lowest BCUT2D eigenvalue weighted by atomic mass is 9.63. The number of nitriles is 1. The molecule has 0 bridgehead atoms. The molecule has 0 spiro atoms. The molecule has 1 aliphatic carbocycles. The summed E-state index contributed by atoms with van der Waals surface area (Å²) in [6, 6.07) is 7.71. The topological polar surface area (TPSA) is 126 Å². The van der Waals surface area contributed by atoms with Crippen molar-refractivity contribution in [3.63, 3.8) is 0 Å². The molecule has 0 saturated heterocycles. The Balaban J connectivity index is 1.66. The average Bonchev–Trinajstić information content (AvgIpc) is 3.33. The van der Waals surface area contributed by atoms with Crippen molar-refractivity contribution in [3.8, 4) is 11.8 Å². The van der Waals surface area contributed by atoms with Crippen LogP contribution in [-0.2, 0) is 0 Å². The van der Waals surface area contributed by atoms with Crippen LogP contribution in [0.2, 0.25) is 0 Å². The summed E-state index contributed by atoms with van der Waals surface area (Å²) in [6.07, 6.45) is 6.18. The van der Waals surface area contributed by atoms with E-state index in [1.54, 1.807) is 23.0 Å². The molecular weight excluding hydrogens is 393 g/mol. The average molecular weight is 419 g/mol. The van der Waals surface area contributed by atoms with Crippen molar-refractivity contribution >= 4 is 30.6 Å². The van der Waals surface area contributed by atoms with Crippen molar-refractivity contribution in [2.45, 2.75) is 46.1 Å². The lowest BCUT2D eigenvalue weighted by molar-refractivity contribution is 0.100. The van der Waals surface area contributed by atoms with E-state index >= 15 is 0 Å². The standard InChI is InChI=1S/C22H26BN5O3/c1-22(2,3)19-10-14-9-15(7-8-18(14)31-23(19)30)26-21-16(20(25)29)12-28(27-21)17-6-4-5-13(17)11-24/h7-10,12-13,17,30H,4-6H2,1-3H3,(H2,25,29)(H,26,27)/t13-,17+/m0/s1. The van der Waals surface area contributed by atoms with E-state index in [1.807, 2.05) is 32.9 Å². The monoisotopic (exact) mass is 419 g/mol. The normalized spacial score (nSPS) is 20.5. The van der Waals surface area contributed by atoms with Gasteiger partial charge >= 0.3 is 7.12 Å². The van der Waals surface area contributed by atoms with E-state index < -0.39 is 13.0 Å². The summed E-state index contributed by atoms with van der Waals surface area (Å²) >= 11 is 0. The molecule has 8 nitrogen and oxygen atoms in total. The van der Waals surface area contributed by atoms with Crippen molar-refractivity contribution < 1.29 is 14.5 Å². The highest BCUT2D eigenvalue weighted by atomic mass is 16.5. The van der Waals surface area contributed by atoms with Gasteiger partial charge in [-0.3, -0.25) is 9.48 Å². The van der Waals surface area contributed by atoms with Crippen molar-refractivity contribution in [1.82, 2.24) is 9.78 Å². The number of amides is 1. The summed E-state index contributed by atoms with van der Waals surface area (Å²) in [5.74, 6) is 0.226. The highest BCUT2D eigenvalue weighted by molar-refractivity contribution is 6.55. The first-order valence-corrected chi connectivity index (χ1v) is 10.4. The fourth-order valence-electron chi connectivity index (χ4n) is 4.23. The molecule has 9 heteroatoms. The van der Waals surface area contributed by atoms with Crippen LogP contribution in [0.15, 0.2) is 29.9 Å². The van der Waals surface area contributed by atoms with E-state index in [0.717, 1.165) is 30.3 Å². The Morgan fingerprint density at radius 2 is 2.19 bits per heavy atom. The second kappa shape index (κ2) is 7.78. The Morgan fingerprint density at radius 1 is 1.42 bits per heavy atom. The summed E-state index contributed by atoms with van der Waals surface area (Å²) < 4.78 is 7.36. The minimum atomic E-state index is -0.983. The summed E-state index contributed by atoms with van der Waals surface area (Å²) in [6.45, 7) is 6.05. The lowest BCUT2D eigenvalue weighted by Crippen LogP contribution is -2.34. The van der Waals surface area contributed by atoms with Gasteiger partial charge in [0.1, 0.15) is 11.3 Å². The molecule has 1 aromatic carbocycles. The highest BCUT2D eigenvalue weighted by Gasteiger charge is 2.35. The number of hydrogen-bond donors (Lipinski definition) is 3. The first-order valence-electron chi connectivity index (χ1n) is 10.4. The van der Waals surface area contributed by atoms with Gasteiger partial charge in [-0.2, -0.15) is 10.4 Å².